The molecule has 0 heterocycles. The molecule has 0 spiro atoms. The van der Waals surface area contributed by atoms with Crippen LogP contribution in [0.2, 0.25) is 0 Å². The van der Waals surface area contributed by atoms with Crippen molar-refractivity contribution in [2.45, 2.75) is 40.0 Å². The van der Waals surface area contributed by atoms with Gasteiger partial charge in [-0.05, 0) is 31.9 Å². The van der Waals surface area contributed by atoms with E-state index in [1.54, 1.807) is 13.0 Å². The number of benzene rings is 1. The molecule has 112 valence electrons. The van der Waals surface area contributed by atoms with Gasteiger partial charge in [-0.15, -0.1) is 0 Å². The molecule has 0 amide bonds. The van der Waals surface area contributed by atoms with Crippen molar-refractivity contribution in [1.82, 2.24) is 0 Å². The predicted molar refractivity (Wildman–Crippen MR) is 80.7 cm³/mol. The average molecular weight is 281 g/mol. The molecule has 20 heavy (non-hydrogen) atoms. The SMILES string of the molecule is Cc1c(F)cccc1NCCCCC(C)(C)/C(N)=N/O. The summed E-state index contributed by atoms with van der Waals surface area (Å²) in [7, 11) is 0. The number of unbranched alkanes of at least 4 members (excludes halogenated alkanes) is 1. The number of amidine groups is 1. The molecular formula is C15H24FN3O. The van der Waals surface area contributed by atoms with E-state index in [2.05, 4.69) is 10.5 Å². The maximum absolute atomic E-state index is 13.3. The fraction of sp³-hybridized carbons (Fsp3) is 0.533. The van der Waals surface area contributed by atoms with Crippen LogP contribution in [0.4, 0.5) is 10.1 Å². The Hall–Kier alpha value is -1.78. The molecule has 1 rings (SSSR count). The molecule has 0 aliphatic heterocycles. The van der Waals surface area contributed by atoms with Crippen molar-refractivity contribution in [3.63, 3.8) is 0 Å². The highest BCUT2D eigenvalue weighted by Gasteiger charge is 2.22. The van der Waals surface area contributed by atoms with Crippen LogP contribution >= 0.6 is 0 Å². The number of nitrogens with zero attached hydrogens (tertiary/aromatic N) is 1. The summed E-state index contributed by atoms with van der Waals surface area (Å²) in [5.74, 6) is 0.0644. The van der Waals surface area contributed by atoms with E-state index in [0.717, 1.165) is 31.5 Å². The molecule has 0 unspecified atom stereocenters. The number of nitrogens with two attached hydrogens (primary N) is 1. The van der Waals surface area contributed by atoms with Gasteiger partial charge in [-0.25, -0.2) is 4.39 Å². The number of rotatable bonds is 7. The summed E-state index contributed by atoms with van der Waals surface area (Å²) in [6.07, 6.45) is 2.73. The Bertz CT molecular complexity index is 472. The third-order valence-electron chi connectivity index (χ3n) is 3.61. The van der Waals surface area contributed by atoms with Crippen molar-refractivity contribution in [2.75, 3.05) is 11.9 Å². The lowest BCUT2D eigenvalue weighted by atomic mass is 9.86. The van der Waals surface area contributed by atoms with Crippen LogP contribution in [0, 0.1) is 18.2 Å². The van der Waals surface area contributed by atoms with Crippen LogP contribution in [0.1, 0.15) is 38.7 Å². The summed E-state index contributed by atoms with van der Waals surface area (Å²) in [6, 6.07) is 5.03. The van der Waals surface area contributed by atoms with Crippen molar-refractivity contribution in [3.05, 3.63) is 29.6 Å². The summed E-state index contributed by atoms with van der Waals surface area (Å²) in [6.45, 7) is 6.44. The van der Waals surface area contributed by atoms with E-state index in [0.29, 0.717) is 5.56 Å². The van der Waals surface area contributed by atoms with E-state index < -0.39 is 0 Å². The monoisotopic (exact) mass is 281 g/mol. The molecule has 0 aliphatic carbocycles. The van der Waals surface area contributed by atoms with Gasteiger partial charge in [-0.3, -0.25) is 0 Å². The minimum absolute atomic E-state index is 0.192. The number of nitrogens with one attached hydrogen (secondary N) is 1. The lowest BCUT2D eigenvalue weighted by Gasteiger charge is -2.22. The molecule has 1 aromatic rings. The van der Waals surface area contributed by atoms with Crippen molar-refractivity contribution in [2.24, 2.45) is 16.3 Å². The molecule has 5 heteroatoms. The molecule has 0 fully saturated rings. The molecule has 0 aliphatic rings. The zero-order valence-electron chi connectivity index (χ0n) is 12.4. The van der Waals surface area contributed by atoms with Crippen LogP contribution in [0.15, 0.2) is 23.4 Å². The Balaban J connectivity index is 2.34. The summed E-state index contributed by atoms with van der Waals surface area (Å²) < 4.78 is 13.3. The van der Waals surface area contributed by atoms with Gasteiger partial charge in [0, 0.05) is 23.2 Å². The van der Waals surface area contributed by atoms with E-state index in [1.807, 2.05) is 19.9 Å². The van der Waals surface area contributed by atoms with Gasteiger partial charge in [0.1, 0.15) is 11.7 Å². The number of anilines is 1. The fourth-order valence-corrected chi connectivity index (χ4v) is 1.98. The van der Waals surface area contributed by atoms with E-state index in [9.17, 15) is 4.39 Å². The van der Waals surface area contributed by atoms with E-state index >= 15 is 0 Å². The Labute approximate surface area is 119 Å². The maximum Gasteiger partial charge on any atom is 0.144 e. The molecule has 0 atom stereocenters. The first-order chi connectivity index (χ1) is 9.38. The zero-order chi connectivity index (χ0) is 15.2. The lowest BCUT2D eigenvalue weighted by Crippen LogP contribution is -2.31. The quantitative estimate of drug-likeness (QED) is 0.235. The third-order valence-corrected chi connectivity index (χ3v) is 3.61. The Morgan fingerprint density at radius 1 is 1.40 bits per heavy atom. The number of hydrogen-bond donors (Lipinski definition) is 3. The lowest BCUT2D eigenvalue weighted by molar-refractivity contribution is 0.304. The topological polar surface area (TPSA) is 70.6 Å². The molecule has 0 radical (unpaired) electrons. The Kier molecular flexibility index (Phi) is 5.80. The summed E-state index contributed by atoms with van der Waals surface area (Å²) in [4.78, 5) is 0. The first-order valence-corrected chi connectivity index (χ1v) is 6.85. The summed E-state index contributed by atoms with van der Waals surface area (Å²) in [5.41, 5.74) is 6.81. The van der Waals surface area contributed by atoms with Crippen LogP contribution in [-0.2, 0) is 0 Å². The standard InChI is InChI=1S/C15H24FN3O/c1-11-12(16)7-6-8-13(11)18-10-5-4-9-15(2,3)14(17)19-20/h6-8,18,20H,4-5,9-10H2,1-3H3,(H2,17,19). The van der Waals surface area contributed by atoms with Crippen molar-refractivity contribution in [3.8, 4) is 0 Å². The smallest absolute Gasteiger partial charge is 0.144 e. The maximum atomic E-state index is 13.3. The van der Waals surface area contributed by atoms with Crippen LogP contribution < -0.4 is 11.1 Å². The van der Waals surface area contributed by atoms with Crippen LogP contribution in [0.3, 0.4) is 0 Å². The second-order valence-corrected chi connectivity index (χ2v) is 5.67. The minimum Gasteiger partial charge on any atom is -0.409 e. The van der Waals surface area contributed by atoms with Gasteiger partial charge in [-0.1, -0.05) is 31.5 Å². The summed E-state index contributed by atoms with van der Waals surface area (Å²) >= 11 is 0. The van der Waals surface area contributed by atoms with Crippen LogP contribution in [-0.4, -0.2) is 17.6 Å². The average Bonchev–Trinajstić information content (AvgIpc) is 2.41. The largest absolute Gasteiger partial charge is 0.409 e. The van der Waals surface area contributed by atoms with Gasteiger partial charge in [-0.2, -0.15) is 0 Å². The summed E-state index contributed by atoms with van der Waals surface area (Å²) in [5, 5.41) is 15.0. The minimum atomic E-state index is -0.302. The molecule has 0 aromatic heterocycles. The molecular weight excluding hydrogens is 257 g/mol. The normalized spacial score (nSPS) is 12.5. The Morgan fingerprint density at radius 2 is 2.10 bits per heavy atom. The number of hydrogen-bond acceptors (Lipinski definition) is 3. The fourth-order valence-electron chi connectivity index (χ4n) is 1.98. The zero-order valence-corrected chi connectivity index (χ0v) is 12.4. The van der Waals surface area contributed by atoms with Gasteiger partial charge in [0.05, 0.1) is 0 Å². The molecule has 0 bridgehead atoms. The van der Waals surface area contributed by atoms with E-state index in [1.165, 1.54) is 6.07 Å². The Morgan fingerprint density at radius 3 is 2.75 bits per heavy atom. The van der Waals surface area contributed by atoms with Gasteiger partial charge in [0.25, 0.3) is 0 Å². The highest BCUT2D eigenvalue weighted by Crippen LogP contribution is 2.23. The molecule has 1 aromatic carbocycles. The van der Waals surface area contributed by atoms with Gasteiger partial charge in [0.15, 0.2) is 0 Å². The molecule has 4 nitrogen and oxygen atoms in total. The van der Waals surface area contributed by atoms with Crippen LogP contribution in [0.25, 0.3) is 0 Å². The van der Waals surface area contributed by atoms with E-state index in [4.69, 9.17) is 10.9 Å². The third kappa shape index (κ3) is 4.40. The highest BCUT2D eigenvalue weighted by molar-refractivity contribution is 5.85. The van der Waals surface area contributed by atoms with Crippen molar-refractivity contribution >= 4 is 11.5 Å². The van der Waals surface area contributed by atoms with Crippen LogP contribution in [0.5, 0.6) is 0 Å². The van der Waals surface area contributed by atoms with E-state index in [-0.39, 0.29) is 17.1 Å². The molecule has 4 N–H and O–H groups in total. The molecule has 0 saturated carbocycles. The highest BCUT2D eigenvalue weighted by atomic mass is 19.1. The number of halogens is 1. The first-order valence-electron chi connectivity index (χ1n) is 6.85. The second kappa shape index (κ2) is 7.12. The molecule has 0 saturated heterocycles. The first kappa shape index (κ1) is 16.3. The van der Waals surface area contributed by atoms with Crippen molar-refractivity contribution in [1.29, 1.82) is 0 Å². The van der Waals surface area contributed by atoms with Gasteiger partial charge >= 0.3 is 0 Å². The predicted octanol–water partition coefficient (Wildman–Crippen LogP) is 3.49. The van der Waals surface area contributed by atoms with Crippen molar-refractivity contribution < 1.29 is 9.60 Å². The van der Waals surface area contributed by atoms with Gasteiger partial charge < -0.3 is 16.3 Å². The second-order valence-electron chi connectivity index (χ2n) is 5.67. The number of oxime groups is 1. The van der Waals surface area contributed by atoms with Gasteiger partial charge in [0.2, 0.25) is 0 Å².